The summed E-state index contributed by atoms with van der Waals surface area (Å²) in [5, 5.41) is 13.5. The molecule has 1 saturated carbocycles. The number of aromatic nitrogens is 3. The zero-order chi connectivity index (χ0) is 23.7. The Morgan fingerprint density at radius 3 is 2.79 bits per heavy atom. The van der Waals surface area contributed by atoms with E-state index < -0.39 is 0 Å². The van der Waals surface area contributed by atoms with Gasteiger partial charge in [-0.1, -0.05) is 18.9 Å². The fourth-order valence-corrected chi connectivity index (χ4v) is 5.12. The number of hydrogen-bond donors (Lipinski definition) is 1. The molecule has 2 aliphatic rings. The molecule has 0 amide bonds. The van der Waals surface area contributed by atoms with Crippen LogP contribution in [0.1, 0.15) is 48.4 Å². The van der Waals surface area contributed by atoms with Gasteiger partial charge in [0.1, 0.15) is 17.3 Å². The minimum atomic E-state index is -0.252. The van der Waals surface area contributed by atoms with Gasteiger partial charge < -0.3 is 10.2 Å². The topological polar surface area (TPSA) is 90.1 Å². The van der Waals surface area contributed by atoms with Crippen LogP contribution in [-0.4, -0.2) is 58.1 Å². The smallest absolute Gasteiger partial charge is 0.270 e. The quantitative estimate of drug-likeness (QED) is 0.606. The molecule has 0 unspecified atom stereocenters. The van der Waals surface area contributed by atoms with Gasteiger partial charge in [-0.05, 0) is 62.7 Å². The number of likely N-dealkylation sites (N-methyl/N-ethyl adjacent to an activating group) is 1. The Morgan fingerprint density at radius 2 is 2.03 bits per heavy atom. The van der Waals surface area contributed by atoms with Crippen molar-refractivity contribution in [2.24, 2.45) is 0 Å². The van der Waals surface area contributed by atoms with E-state index in [1.165, 1.54) is 11.1 Å². The van der Waals surface area contributed by atoms with E-state index in [4.69, 9.17) is 4.98 Å². The largest absolute Gasteiger partial charge is 0.324 e. The second kappa shape index (κ2) is 9.53. The van der Waals surface area contributed by atoms with E-state index in [1.807, 2.05) is 6.07 Å². The third-order valence-electron chi connectivity index (χ3n) is 7.00. The molecule has 3 heterocycles. The maximum atomic E-state index is 13.0. The summed E-state index contributed by atoms with van der Waals surface area (Å²) >= 11 is 0. The molecular formula is C26H31N7O. The molecule has 8 heteroatoms. The molecule has 0 spiro atoms. The summed E-state index contributed by atoms with van der Waals surface area (Å²) in [6.07, 6.45) is 6.82. The van der Waals surface area contributed by atoms with Gasteiger partial charge >= 0.3 is 0 Å². The Kier molecular flexibility index (Phi) is 6.31. The summed E-state index contributed by atoms with van der Waals surface area (Å²) in [5.74, 6) is 0.462. The number of hydrogen-bond acceptors (Lipinski definition) is 7. The van der Waals surface area contributed by atoms with E-state index in [0.717, 1.165) is 69.4 Å². The first-order valence-corrected chi connectivity index (χ1v) is 12.1. The monoisotopic (exact) mass is 457 g/mol. The molecule has 0 radical (unpaired) electrons. The highest BCUT2D eigenvalue weighted by molar-refractivity contribution is 5.77. The predicted octanol–water partition coefficient (Wildman–Crippen LogP) is 3.44. The molecule has 8 nitrogen and oxygen atoms in total. The van der Waals surface area contributed by atoms with E-state index in [1.54, 1.807) is 16.8 Å². The summed E-state index contributed by atoms with van der Waals surface area (Å²) in [6.45, 7) is 4.13. The van der Waals surface area contributed by atoms with Crippen LogP contribution in [0.3, 0.4) is 0 Å². The lowest BCUT2D eigenvalue weighted by Gasteiger charge is -2.30. The number of fused-ring (bicyclic) bond motifs is 2. The van der Waals surface area contributed by atoms with Gasteiger partial charge in [-0.3, -0.25) is 14.3 Å². The van der Waals surface area contributed by atoms with Crippen molar-refractivity contribution in [3.63, 3.8) is 0 Å². The maximum Gasteiger partial charge on any atom is 0.270 e. The molecule has 2 aromatic heterocycles. The highest BCUT2D eigenvalue weighted by Gasteiger charge is 2.23. The first-order valence-electron chi connectivity index (χ1n) is 12.1. The van der Waals surface area contributed by atoms with Crippen LogP contribution in [0.15, 0.2) is 35.3 Å². The Morgan fingerprint density at radius 1 is 1.21 bits per heavy atom. The summed E-state index contributed by atoms with van der Waals surface area (Å²) < 4.78 is 1.73. The zero-order valence-corrected chi connectivity index (χ0v) is 19.9. The number of pyridine rings is 1. The third-order valence-corrected chi connectivity index (χ3v) is 7.00. The Balaban J connectivity index is 1.44. The lowest BCUT2D eigenvalue weighted by atomic mass is 9.99. The average Bonchev–Trinajstić information content (AvgIpc) is 3.36. The van der Waals surface area contributed by atoms with Gasteiger partial charge in [-0.25, -0.2) is 4.98 Å². The van der Waals surface area contributed by atoms with Crippen LogP contribution in [0.25, 0.3) is 11.0 Å². The molecule has 0 bridgehead atoms. The van der Waals surface area contributed by atoms with Crippen molar-refractivity contribution in [3.8, 4) is 6.07 Å². The van der Waals surface area contributed by atoms with Crippen molar-refractivity contribution in [1.82, 2.24) is 24.3 Å². The van der Waals surface area contributed by atoms with Crippen molar-refractivity contribution in [2.45, 2.75) is 44.7 Å². The number of anilines is 2. The van der Waals surface area contributed by atoms with Gasteiger partial charge in [0.25, 0.3) is 5.56 Å². The predicted molar refractivity (Wildman–Crippen MR) is 133 cm³/mol. The molecule has 5 rings (SSSR count). The van der Waals surface area contributed by atoms with Gasteiger partial charge in [0.05, 0.1) is 0 Å². The van der Waals surface area contributed by atoms with Gasteiger partial charge in [-0.2, -0.15) is 10.2 Å². The number of benzene rings is 1. The Hall–Kier alpha value is -3.28. The third kappa shape index (κ3) is 4.54. The molecule has 0 saturated heterocycles. The fraction of sp³-hybridized carbons (Fsp3) is 0.462. The van der Waals surface area contributed by atoms with E-state index >= 15 is 0 Å². The number of rotatable bonds is 6. The molecule has 1 aliphatic heterocycles. The number of nitrogens with one attached hydrogen (secondary N) is 1. The highest BCUT2D eigenvalue weighted by atomic mass is 16.1. The normalized spacial score (nSPS) is 16.6. The summed E-state index contributed by atoms with van der Waals surface area (Å²) in [4.78, 5) is 26.9. The van der Waals surface area contributed by atoms with Crippen LogP contribution >= 0.6 is 0 Å². The number of nitriles is 1. The van der Waals surface area contributed by atoms with Crippen molar-refractivity contribution in [3.05, 3.63) is 57.5 Å². The lowest BCUT2D eigenvalue weighted by molar-refractivity contribution is 0.225. The van der Waals surface area contributed by atoms with Gasteiger partial charge in [0, 0.05) is 49.5 Å². The van der Waals surface area contributed by atoms with Crippen LogP contribution in [0.2, 0.25) is 0 Å². The van der Waals surface area contributed by atoms with Gasteiger partial charge in [0.2, 0.25) is 5.95 Å². The molecule has 1 N–H and O–H groups in total. The van der Waals surface area contributed by atoms with Gasteiger partial charge in [-0.15, -0.1) is 0 Å². The van der Waals surface area contributed by atoms with Crippen molar-refractivity contribution in [2.75, 3.05) is 39.0 Å². The second-order valence-corrected chi connectivity index (χ2v) is 9.69. The SMILES string of the molecule is CN(C)CCN1CCc2ccc(Nc3ncc4cc(C#N)c(=O)n(C5CCCC5)c4n3)cc2C1. The summed E-state index contributed by atoms with van der Waals surface area (Å²) in [6, 6.07) is 10.2. The fourth-order valence-electron chi connectivity index (χ4n) is 5.12. The standard InChI is InChI=1S/C26H31N7O/c1-31(2)11-12-32-10-9-18-7-8-22(14-21(18)17-32)29-26-28-16-20-13-19(15-27)25(34)33(24(20)30-26)23-5-3-4-6-23/h7-8,13-14,16,23H,3-6,9-12,17H2,1-2H3,(H,28,29,30). The van der Waals surface area contributed by atoms with E-state index in [2.05, 4.69) is 52.4 Å². The van der Waals surface area contributed by atoms with Gasteiger partial charge in [0.15, 0.2) is 0 Å². The lowest BCUT2D eigenvalue weighted by Crippen LogP contribution is -2.35. The van der Waals surface area contributed by atoms with Crippen LogP contribution < -0.4 is 10.9 Å². The zero-order valence-electron chi connectivity index (χ0n) is 19.9. The average molecular weight is 458 g/mol. The first-order chi connectivity index (χ1) is 16.5. The van der Waals surface area contributed by atoms with Crippen molar-refractivity contribution >= 4 is 22.7 Å². The van der Waals surface area contributed by atoms with Crippen LogP contribution in [-0.2, 0) is 13.0 Å². The van der Waals surface area contributed by atoms with E-state index in [0.29, 0.717) is 11.6 Å². The van der Waals surface area contributed by atoms with Crippen molar-refractivity contribution < 1.29 is 0 Å². The Bertz CT molecular complexity index is 1300. The van der Waals surface area contributed by atoms with Crippen LogP contribution in [0, 0.1) is 11.3 Å². The first kappa shape index (κ1) is 22.5. The second-order valence-electron chi connectivity index (χ2n) is 9.69. The molecule has 34 heavy (non-hydrogen) atoms. The highest BCUT2D eigenvalue weighted by Crippen LogP contribution is 2.31. The summed E-state index contributed by atoms with van der Waals surface area (Å²) in [5.41, 5.74) is 4.16. The molecule has 1 aromatic carbocycles. The molecular weight excluding hydrogens is 426 g/mol. The minimum absolute atomic E-state index is 0.0861. The molecule has 0 atom stereocenters. The van der Waals surface area contributed by atoms with Crippen molar-refractivity contribution in [1.29, 1.82) is 5.26 Å². The Labute approximate surface area is 199 Å². The van der Waals surface area contributed by atoms with Crippen LogP contribution in [0.5, 0.6) is 0 Å². The van der Waals surface area contributed by atoms with E-state index in [-0.39, 0.29) is 17.2 Å². The number of nitrogens with zero attached hydrogens (tertiary/aromatic N) is 6. The maximum absolute atomic E-state index is 13.0. The summed E-state index contributed by atoms with van der Waals surface area (Å²) in [7, 11) is 4.22. The molecule has 176 valence electrons. The van der Waals surface area contributed by atoms with E-state index in [9.17, 15) is 10.1 Å². The molecule has 3 aromatic rings. The van der Waals surface area contributed by atoms with Crippen LogP contribution in [0.4, 0.5) is 11.6 Å². The molecule has 1 aliphatic carbocycles. The molecule has 1 fully saturated rings. The minimum Gasteiger partial charge on any atom is -0.324 e.